The first-order valence-corrected chi connectivity index (χ1v) is 21.9. The van der Waals surface area contributed by atoms with Crippen LogP contribution in [-0.4, -0.2) is 0 Å². The number of nitrogens with zero attached hydrogens (tertiary/aromatic N) is 1. The fourth-order valence-corrected chi connectivity index (χ4v) is 9.56. The summed E-state index contributed by atoms with van der Waals surface area (Å²) in [6, 6.07) is 89.3. The minimum atomic E-state index is 0.888. The van der Waals surface area contributed by atoms with Crippen LogP contribution in [0.1, 0.15) is 0 Å². The number of anilines is 3. The predicted octanol–water partition coefficient (Wildman–Crippen LogP) is 17.7. The van der Waals surface area contributed by atoms with E-state index in [0.29, 0.717) is 0 Å². The van der Waals surface area contributed by atoms with E-state index in [9.17, 15) is 0 Å². The van der Waals surface area contributed by atoms with E-state index in [1.807, 2.05) is 0 Å². The zero-order chi connectivity index (χ0) is 42.4. The summed E-state index contributed by atoms with van der Waals surface area (Å²) in [5, 5.41) is 7.00. The Morgan fingerprint density at radius 3 is 1.08 bits per heavy atom. The van der Waals surface area contributed by atoms with Crippen LogP contribution in [0.15, 0.2) is 253 Å². The maximum Gasteiger partial charge on any atom is 0.143 e. The van der Waals surface area contributed by atoms with E-state index in [2.05, 4.69) is 254 Å². The Kier molecular flexibility index (Phi) is 9.20. The minimum Gasteiger partial charge on any atom is -0.455 e. The molecular formula is C62H41NO. The van der Waals surface area contributed by atoms with Gasteiger partial charge in [-0.1, -0.05) is 206 Å². The van der Waals surface area contributed by atoms with Gasteiger partial charge in [-0.2, -0.15) is 0 Å². The zero-order valence-electron chi connectivity index (χ0n) is 35.0. The fourth-order valence-electron chi connectivity index (χ4n) is 9.56. The second-order valence-electron chi connectivity index (χ2n) is 16.4. The Balaban J connectivity index is 1.03. The fraction of sp³-hybridized carbons (Fsp3) is 0. The van der Waals surface area contributed by atoms with Crippen molar-refractivity contribution in [1.82, 2.24) is 0 Å². The van der Waals surface area contributed by atoms with Crippen molar-refractivity contribution in [2.45, 2.75) is 0 Å². The number of fused-ring (bicyclic) bond motifs is 8. The first-order valence-electron chi connectivity index (χ1n) is 21.9. The summed E-state index contributed by atoms with van der Waals surface area (Å²) in [6.45, 7) is 0. The third-order valence-corrected chi connectivity index (χ3v) is 12.7. The van der Waals surface area contributed by atoms with Gasteiger partial charge in [0.05, 0.1) is 0 Å². The average Bonchev–Trinajstić information content (AvgIpc) is 3.78. The Hall–Kier alpha value is -8.46. The average molecular weight is 816 g/mol. The summed E-state index contributed by atoms with van der Waals surface area (Å²) in [4.78, 5) is 2.34. The topological polar surface area (TPSA) is 16.4 Å². The molecule has 1 aromatic heterocycles. The van der Waals surface area contributed by atoms with E-state index < -0.39 is 0 Å². The monoisotopic (exact) mass is 815 g/mol. The summed E-state index contributed by atoms with van der Waals surface area (Å²) in [5.74, 6) is 0. The summed E-state index contributed by atoms with van der Waals surface area (Å²) in [7, 11) is 0. The van der Waals surface area contributed by atoms with Gasteiger partial charge in [0.25, 0.3) is 0 Å². The van der Waals surface area contributed by atoms with Gasteiger partial charge in [-0.3, -0.25) is 0 Å². The van der Waals surface area contributed by atoms with E-state index in [-0.39, 0.29) is 0 Å². The maximum absolute atomic E-state index is 7.22. The summed E-state index contributed by atoms with van der Waals surface area (Å²) >= 11 is 0. The van der Waals surface area contributed by atoms with E-state index in [1.54, 1.807) is 0 Å². The van der Waals surface area contributed by atoms with Crippen LogP contribution in [0.3, 0.4) is 0 Å². The van der Waals surface area contributed by atoms with Gasteiger partial charge in [-0.15, -0.1) is 0 Å². The van der Waals surface area contributed by atoms with Crippen molar-refractivity contribution >= 4 is 60.5 Å². The first kappa shape index (κ1) is 37.3. The molecule has 0 aliphatic carbocycles. The lowest BCUT2D eigenvalue weighted by atomic mass is 9.90. The second-order valence-corrected chi connectivity index (χ2v) is 16.4. The van der Waals surface area contributed by atoms with Crippen molar-refractivity contribution in [1.29, 1.82) is 0 Å². The zero-order valence-corrected chi connectivity index (χ0v) is 35.0. The number of furan rings is 1. The van der Waals surface area contributed by atoms with Gasteiger partial charge in [0.15, 0.2) is 0 Å². The van der Waals surface area contributed by atoms with Crippen LogP contribution >= 0.6 is 0 Å². The van der Waals surface area contributed by atoms with Crippen LogP contribution in [0.2, 0.25) is 0 Å². The van der Waals surface area contributed by atoms with Crippen LogP contribution in [0.4, 0.5) is 17.1 Å². The van der Waals surface area contributed by atoms with Gasteiger partial charge in [-0.25, -0.2) is 0 Å². The van der Waals surface area contributed by atoms with E-state index in [1.165, 1.54) is 49.5 Å². The highest BCUT2D eigenvalue weighted by Crippen LogP contribution is 2.47. The third kappa shape index (κ3) is 6.52. The summed E-state index contributed by atoms with van der Waals surface area (Å²) in [6.07, 6.45) is 0. The Morgan fingerprint density at radius 1 is 0.234 bits per heavy atom. The van der Waals surface area contributed by atoms with Gasteiger partial charge in [0.2, 0.25) is 0 Å². The van der Waals surface area contributed by atoms with Gasteiger partial charge in [-0.05, 0) is 109 Å². The lowest BCUT2D eigenvalue weighted by molar-refractivity contribution is 0.674. The SMILES string of the molecule is c1ccc(-c2ccc(-c3ccc4c(oc5c6ccccc6c6ccccc6c45)c3-c3ccc(N(c4ccc(-c5ccccc5)cc4)c4ccc(-c5ccccc5)cc4)cc3)cc2)cc1. The van der Waals surface area contributed by atoms with Crippen LogP contribution in [0.5, 0.6) is 0 Å². The smallest absolute Gasteiger partial charge is 0.143 e. The molecule has 0 saturated carbocycles. The van der Waals surface area contributed by atoms with Crippen LogP contribution in [0, 0.1) is 0 Å². The summed E-state index contributed by atoms with van der Waals surface area (Å²) in [5.41, 5.74) is 16.6. The third-order valence-electron chi connectivity index (χ3n) is 12.7. The second kappa shape index (κ2) is 15.8. The number of hydrogen-bond donors (Lipinski definition) is 0. The normalized spacial score (nSPS) is 11.4. The molecule has 0 N–H and O–H groups in total. The molecule has 2 nitrogen and oxygen atoms in total. The van der Waals surface area contributed by atoms with Crippen molar-refractivity contribution in [3.8, 4) is 55.6 Å². The Morgan fingerprint density at radius 2 is 0.594 bits per heavy atom. The molecule has 12 rings (SSSR count). The molecule has 0 unspecified atom stereocenters. The van der Waals surface area contributed by atoms with E-state index in [0.717, 1.165) is 66.6 Å². The number of benzene rings is 11. The molecule has 0 aliphatic heterocycles. The van der Waals surface area contributed by atoms with Crippen LogP contribution < -0.4 is 4.90 Å². The van der Waals surface area contributed by atoms with Crippen LogP contribution in [0.25, 0.3) is 99.1 Å². The lowest BCUT2D eigenvalue weighted by Gasteiger charge is -2.26. The minimum absolute atomic E-state index is 0.888. The molecule has 12 aromatic rings. The van der Waals surface area contributed by atoms with Crippen molar-refractivity contribution in [3.05, 3.63) is 249 Å². The molecule has 0 atom stereocenters. The van der Waals surface area contributed by atoms with E-state index >= 15 is 0 Å². The molecule has 0 amide bonds. The molecule has 1 heterocycles. The molecule has 11 aromatic carbocycles. The van der Waals surface area contributed by atoms with Crippen molar-refractivity contribution < 1.29 is 4.42 Å². The highest BCUT2D eigenvalue weighted by atomic mass is 16.3. The van der Waals surface area contributed by atoms with Gasteiger partial charge in [0, 0.05) is 38.8 Å². The molecule has 0 spiro atoms. The molecule has 0 aliphatic rings. The maximum atomic E-state index is 7.22. The van der Waals surface area contributed by atoms with Crippen molar-refractivity contribution in [2.24, 2.45) is 0 Å². The number of rotatable bonds is 8. The molecular weight excluding hydrogens is 775 g/mol. The summed E-state index contributed by atoms with van der Waals surface area (Å²) < 4.78 is 7.22. The van der Waals surface area contributed by atoms with Crippen LogP contribution in [-0.2, 0) is 0 Å². The highest BCUT2D eigenvalue weighted by molar-refractivity contribution is 6.31. The molecule has 0 bridgehead atoms. The van der Waals surface area contributed by atoms with Gasteiger partial charge < -0.3 is 9.32 Å². The van der Waals surface area contributed by atoms with Crippen molar-refractivity contribution in [2.75, 3.05) is 4.90 Å². The molecule has 0 saturated heterocycles. The Bertz CT molecular complexity index is 3510. The van der Waals surface area contributed by atoms with E-state index in [4.69, 9.17) is 4.42 Å². The molecule has 64 heavy (non-hydrogen) atoms. The highest BCUT2D eigenvalue weighted by Gasteiger charge is 2.22. The molecule has 2 heteroatoms. The Labute approximate surface area is 372 Å². The predicted molar refractivity (Wildman–Crippen MR) is 271 cm³/mol. The lowest BCUT2D eigenvalue weighted by Crippen LogP contribution is -2.09. The quantitative estimate of drug-likeness (QED) is 0.142. The van der Waals surface area contributed by atoms with Gasteiger partial charge >= 0.3 is 0 Å². The molecule has 300 valence electrons. The molecule has 0 fully saturated rings. The largest absolute Gasteiger partial charge is 0.455 e. The first-order chi connectivity index (χ1) is 31.7. The van der Waals surface area contributed by atoms with Gasteiger partial charge in [0.1, 0.15) is 11.2 Å². The number of hydrogen-bond acceptors (Lipinski definition) is 2. The van der Waals surface area contributed by atoms with Crippen molar-refractivity contribution in [3.63, 3.8) is 0 Å². The molecule has 0 radical (unpaired) electrons. The standard InChI is InChI=1S/C62H41NO/c1-4-14-42(15-5-1)45-24-26-48(27-25-45)53-40-41-58-60-56-22-12-10-20-54(56)55-21-11-13-23-57(55)61(60)64-62(58)59(53)49-32-38-52(39-33-49)63(50-34-28-46(29-35-50)43-16-6-2-7-17-43)51-36-30-47(31-37-51)44-18-8-3-9-19-44/h1-41H.